The number of rotatable bonds is 7. The molecule has 1 aliphatic rings. The molecule has 2 atom stereocenters. The number of amides is 1. The first-order chi connectivity index (χ1) is 14.3. The lowest BCUT2D eigenvalue weighted by Crippen LogP contribution is -3.09. The molecule has 0 spiro atoms. The van der Waals surface area contributed by atoms with Crippen LogP contribution in [0.25, 0.3) is 0 Å². The van der Waals surface area contributed by atoms with Gasteiger partial charge in [-0.1, -0.05) is 91.0 Å². The van der Waals surface area contributed by atoms with Gasteiger partial charge in [-0.15, -0.1) is 0 Å². The molecule has 29 heavy (non-hydrogen) atoms. The maximum absolute atomic E-state index is 12.9. The highest BCUT2D eigenvalue weighted by molar-refractivity contribution is 5.78. The van der Waals surface area contributed by atoms with Crippen LogP contribution in [-0.2, 0) is 11.3 Å². The van der Waals surface area contributed by atoms with Crippen LogP contribution >= 0.6 is 0 Å². The van der Waals surface area contributed by atoms with E-state index in [1.54, 1.807) is 4.90 Å². The molecule has 2 N–H and O–H groups in total. The molecule has 1 amide bonds. The van der Waals surface area contributed by atoms with E-state index >= 15 is 0 Å². The first kappa shape index (κ1) is 19.4. The van der Waals surface area contributed by atoms with Crippen molar-refractivity contribution in [1.29, 1.82) is 0 Å². The third-order valence-electron chi connectivity index (χ3n) is 5.84. The van der Waals surface area contributed by atoms with E-state index in [0.717, 1.165) is 26.1 Å². The van der Waals surface area contributed by atoms with Crippen molar-refractivity contribution < 1.29 is 9.69 Å². The van der Waals surface area contributed by atoms with Gasteiger partial charge in [0.25, 0.3) is 0 Å². The van der Waals surface area contributed by atoms with Gasteiger partial charge < -0.3 is 10.2 Å². The Morgan fingerprint density at radius 3 is 2.00 bits per heavy atom. The zero-order chi connectivity index (χ0) is 19.9. The summed E-state index contributed by atoms with van der Waals surface area (Å²) in [6.07, 6.45) is 1.54. The maximum Gasteiger partial charge on any atom is 0.221 e. The molecule has 0 aromatic heterocycles. The number of quaternary nitrogens is 1. The topological polar surface area (TPSA) is 33.5 Å². The fourth-order valence-electron chi connectivity index (χ4n) is 4.37. The third-order valence-corrected chi connectivity index (χ3v) is 5.84. The van der Waals surface area contributed by atoms with E-state index in [-0.39, 0.29) is 17.9 Å². The van der Waals surface area contributed by atoms with Crippen LogP contribution in [0.2, 0.25) is 0 Å². The average molecular weight is 386 g/mol. The summed E-state index contributed by atoms with van der Waals surface area (Å²) >= 11 is 0. The van der Waals surface area contributed by atoms with Gasteiger partial charge in [0, 0.05) is 24.3 Å². The van der Waals surface area contributed by atoms with Crippen molar-refractivity contribution >= 4 is 5.91 Å². The Bertz CT molecular complexity index is 856. The van der Waals surface area contributed by atoms with Gasteiger partial charge in [0.1, 0.15) is 6.54 Å². The molecule has 3 nitrogen and oxygen atoms in total. The Hall–Kier alpha value is -2.91. The number of likely N-dealkylation sites (tertiary alicyclic amines) is 1. The van der Waals surface area contributed by atoms with Crippen LogP contribution in [0, 0.1) is 0 Å². The van der Waals surface area contributed by atoms with Crippen LogP contribution in [0.15, 0.2) is 91.0 Å². The van der Waals surface area contributed by atoms with E-state index in [2.05, 4.69) is 59.9 Å². The van der Waals surface area contributed by atoms with Crippen molar-refractivity contribution in [2.24, 2.45) is 0 Å². The highest BCUT2D eigenvalue weighted by Gasteiger charge is 2.28. The second kappa shape index (κ2) is 9.53. The lowest BCUT2D eigenvalue weighted by Gasteiger charge is -2.19. The van der Waals surface area contributed by atoms with E-state index in [4.69, 9.17) is 0 Å². The van der Waals surface area contributed by atoms with Crippen LogP contribution < -0.4 is 10.2 Å². The van der Waals surface area contributed by atoms with Crippen molar-refractivity contribution in [2.75, 3.05) is 13.1 Å². The second-order valence-electron chi connectivity index (χ2n) is 8.00. The summed E-state index contributed by atoms with van der Waals surface area (Å²) in [7, 11) is 0. The summed E-state index contributed by atoms with van der Waals surface area (Å²) in [5, 5.41) is 3.30. The molecule has 148 valence electrons. The fourth-order valence-corrected chi connectivity index (χ4v) is 4.37. The zero-order valence-corrected chi connectivity index (χ0v) is 16.8. The molecular weight excluding hydrogens is 356 g/mol. The Labute approximate surface area is 173 Å². The lowest BCUT2D eigenvalue weighted by atomic mass is 9.88. The summed E-state index contributed by atoms with van der Waals surface area (Å²) in [5.41, 5.74) is 3.75. The minimum absolute atomic E-state index is 0.0894. The molecule has 1 unspecified atom stereocenters. The summed E-state index contributed by atoms with van der Waals surface area (Å²) in [6, 6.07) is 31.6. The summed E-state index contributed by atoms with van der Waals surface area (Å²) in [4.78, 5) is 14.4. The molecule has 0 aliphatic carbocycles. The van der Waals surface area contributed by atoms with Crippen molar-refractivity contribution in [1.82, 2.24) is 5.32 Å². The van der Waals surface area contributed by atoms with Crippen LogP contribution in [0.4, 0.5) is 0 Å². The van der Waals surface area contributed by atoms with Gasteiger partial charge in [0.15, 0.2) is 0 Å². The van der Waals surface area contributed by atoms with E-state index in [1.165, 1.54) is 16.7 Å². The number of carbonyl (C=O) groups excluding carboxylic acids is 1. The molecule has 3 heteroatoms. The zero-order valence-electron chi connectivity index (χ0n) is 16.8. The molecule has 0 radical (unpaired) electrons. The Morgan fingerprint density at radius 1 is 0.862 bits per heavy atom. The summed E-state index contributed by atoms with van der Waals surface area (Å²) in [5.74, 6) is 0.236. The van der Waals surface area contributed by atoms with Crippen LogP contribution in [0.3, 0.4) is 0 Å². The van der Waals surface area contributed by atoms with E-state index in [1.807, 2.05) is 36.4 Å². The Balaban J connectivity index is 1.36. The maximum atomic E-state index is 12.9. The van der Waals surface area contributed by atoms with Crippen molar-refractivity contribution in [3.05, 3.63) is 108 Å². The molecular formula is C26H29N2O+. The predicted molar refractivity (Wildman–Crippen MR) is 117 cm³/mol. The smallest absolute Gasteiger partial charge is 0.221 e. The van der Waals surface area contributed by atoms with Gasteiger partial charge in [0.2, 0.25) is 5.91 Å². The molecule has 4 rings (SSSR count). The molecule has 0 bridgehead atoms. The standard InChI is InChI=1S/C26H28N2O/c29-26(27-24-16-17-28(20-24)19-21-10-4-1-5-11-21)18-25(22-12-6-2-7-13-22)23-14-8-3-9-15-23/h1-15,24-25H,16-20H2,(H,27,29)/p+1/t24-/m0/s1. The van der Waals surface area contributed by atoms with Gasteiger partial charge in [0.05, 0.1) is 19.1 Å². The minimum atomic E-state index is 0.0894. The summed E-state index contributed by atoms with van der Waals surface area (Å²) < 4.78 is 0. The monoisotopic (exact) mass is 385 g/mol. The number of hydrogen-bond acceptors (Lipinski definition) is 1. The van der Waals surface area contributed by atoms with Gasteiger partial charge >= 0.3 is 0 Å². The van der Waals surface area contributed by atoms with Crippen molar-refractivity contribution in [2.45, 2.75) is 31.3 Å². The number of carbonyl (C=O) groups is 1. The third kappa shape index (κ3) is 5.33. The fraction of sp³-hybridized carbons (Fsp3) is 0.269. The number of hydrogen-bond donors (Lipinski definition) is 2. The van der Waals surface area contributed by atoms with Gasteiger partial charge in [-0.25, -0.2) is 0 Å². The normalized spacial score (nSPS) is 18.7. The SMILES string of the molecule is O=C(CC(c1ccccc1)c1ccccc1)N[C@H]1CC[NH+](Cc2ccccc2)C1. The molecule has 1 heterocycles. The molecule has 1 saturated heterocycles. The van der Waals surface area contributed by atoms with E-state index in [0.29, 0.717) is 6.42 Å². The largest absolute Gasteiger partial charge is 0.347 e. The van der Waals surface area contributed by atoms with Crippen molar-refractivity contribution in [3.63, 3.8) is 0 Å². The van der Waals surface area contributed by atoms with Crippen LogP contribution in [-0.4, -0.2) is 25.0 Å². The van der Waals surface area contributed by atoms with Crippen molar-refractivity contribution in [3.8, 4) is 0 Å². The number of benzene rings is 3. The van der Waals surface area contributed by atoms with E-state index in [9.17, 15) is 4.79 Å². The highest BCUT2D eigenvalue weighted by atomic mass is 16.1. The van der Waals surface area contributed by atoms with E-state index < -0.39 is 0 Å². The Kier molecular flexibility index (Phi) is 6.38. The molecule has 0 saturated carbocycles. The van der Waals surface area contributed by atoms with Gasteiger partial charge in [-0.2, -0.15) is 0 Å². The molecule has 1 fully saturated rings. The first-order valence-electron chi connectivity index (χ1n) is 10.5. The molecule has 3 aromatic rings. The second-order valence-corrected chi connectivity index (χ2v) is 8.00. The van der Waals surface area contributed by atoms with Crippen LogP contribution in [0.5, 0.6) is 0 Å². The average Bonchev–Trinajstić information content (AvgIpc) is 3.20. The van der Waals surface area contributed by atoms with Gasteiger partial charge in [-0.05, 0) is 11.1 Å². The first-order valence-corrected chi connectivity index (χ1v) is 10.5. The molecule has 1 aliphatic heterocycles. The predicted octanol–water partition coefficient (Wildman–Crippen LogP) is 3.18. The molecule has 3 aromatic carbocycles. The van der Waals surface area contributed by atoms with Crippen LogP contribution in [0.1, 0.15) is 35.4 Å². The highest BCUT2D eigenvalue weighted by Crippen LogP contribution is 2.27. The minimum Gasteiger partial charge on any atom is -0.347 e. The quantitative estimate of drug-likeness (QED) is 0.644. The number of nitrogens with one attached hydrogen (secondary N) is 2. The Morgan fingerprint density at radius 2 is 1.41 bits per heavy atom. The summed E-state index contributed by atoms with van der Waals surface area (Å²) in [6.45, 7) is 3.15. The lowest BCUT2D eigenvalue weighted by molar-refractivity contribution is -0.901. The van der Waals surface area contributed by atoms with Gasteiger partial charge in [-0.3, -0.25) is 4.79 Å².